The number of hydrogen-bond acceptors (Lipinski definition) is 5. The first kappa shape index (κ1) is 15.3. The van der Waals surface area contributed by atoms with Crippen molar-refractivity contribution in [3.05, 3.63) is 12.1 Å². The Labute approximate surface area is 125 Å². The summed E-state index contributed by atoms with van der Waals surface area (Å²) < 4.78 is 11.0. The van der Waals surface area contributed by atoms with E-state index in [1.807, 2.05) is 18.0 Å². The van der Waals surface area contributed by atoms with Gasteiger partial charge in [-0.3, -0.25) is 4.79 Å². The maximum atomic E-state index is 11.9. The number of nitrogens with two attached hydrogens (primary N) is 1. The molecule has 0 fully saturated rings. The highest BCUT2D eigenvalue weighted by atomic mass is 16.6. The van der Waals surface area contributed by atoms with Gasteiger partial charge in [0.2, 0.25) is 5.91 Å². The highest BCUT2D eigenvalue weighted by Crippen LogP contribution is 2.38. The zero-order valence-electron chi connectivity index (χ0n) is 12.8. The molecule has 1 heterocycles. The Morgan fingerprint density at radius 2 is 1.95 bits per heavy atom. The first-order valence-corrected chi connectivity index (χ1v) is 7.14. The Bertz CT molecular complexity index is 517. The molecule has 0 aromatic heterocycles. The summed E-state index contributed by atoms with van der Waals surface area (Å²) in [6.07, 6.45) is 0. The third kappa shape index (κ3) is 3.93. The van der Waals surface area contributed by atoms with Crippen molar-refractivity contribution in [2.45, 2.75) is 13.8 Å². The fourth-order valence-corrected chi connectivity index (χ4v) is 2.10. The molecule has 1 aromatic rings. The van der Waals surface area contributed by atoms with Gasteiger partial charge in [0.15, 0.2) is 11.5 Å². The number of carbonyl (C=O) groups is 1. The molecule has 0 radical (unpaired) electrons. The zero-order valence-corrected chi connectivity index (χ0v) is 12.8. The van der Waals surface area contributed by atoms with Gasteiger partial charge in [-0.1, -0.05) is 13.8 Å². The van der Waals surface area contributed by atoms with Crippen LogP contribution < -0.4 is 25.4 Å². The van der Waals surface area contributed by atoms with Gasteiger partial charge in [0, 0.05) is 25.7 Å². The first-order valence-electron chi connectivity index (χ1n) is 7.14. The molecule has 0 saturated heterocycles. The van der Waals surface area contributed by atoms with Gasteiger partial charge in [0.25, 0.3) is 0 Å². The van der Waals surface area contributed by atoms with Gasteiger partial charge in [-0.15, -0.1) is 0 Å². The van der Waals surface area contributed by atoms with Gasteiger partial charge in [0.1, 0.15) is 13.2 Å². The largest absolute Gasteiger partial charge is 0.486 e. The van der Waals surface area contributed by atoms with Crippen LogP contribution in [-0.4, -0.2) is 39.3 Å². The molecular weight excluding hydrogens is 270 g/mol. The van der Waals surface area contributed by atoms with Gasteiger partial charge in [-0.2, -0.15) is 0 Å². The molecule has 1 aliphatic heterocycles. The smallest absolute Gasteiger partial charge is 0.239 e. The number of anilines is 2. The predicted octanol–water partition coefficient (Wildman–Crippen LogP) is 1.25. The van der Waals surface area contributed by atoms with Crippen molar-refractivity contribution in [1.29, 1.82) is 0 Å². The van der Waals surface area contributed by atoms with E-state index in [0.717, 1.165) is 5.69 Å². The maximum absolute atomic E-state index is 11.9. The zero-order chi connectivity index (χ0) is 15.4. The average molecular weight is 293 g/mol. The SMILES string of the molecule is CC(C)CNC(=O)CN(C)c1cc2c(cc1N)OCCO2. The lowest BCUT2D eigenvalue weighted by Gasteiger charge is -2.25. The van der Waals surface area contributed by atoms with Crippen LogP contribution in [0.5, 0.6) is 11.5 Å². The van der Waals surface area contributed by atoms with Crippen molar-refractivity contribution in [3.63, 3.8) is 0 Å². The van der Waals surface area contributed by atoms with Gasteiger partial charge < -0.3 is 25.4 Å². The Morgan fingerprint density at radius 3 is 2.57 bits per heavy atom. The lowest BCUT2D eigenvalue weighted by atomic mass is 10.2. The first-order chi connectivity index (χ1) is 9.97. The molecule has 0 spiro atoms. The predicted molar refractivity (Wildman–Crippen MR) is 83.0 cm³/mol. The van der Waals surface area contributed by atoms with E-state index in [1.165, 1.54) is 0 Å². The Morgan fingerprint density at radius 1 is 1.33 bits per heavy atom. The molecule has 116 valence electrons. The minimum atomic E-state index is -0.0273. The highest BCUT2D eigenvalue weighted by molar-refractivity contribution is 5.83. The van der Waals surface area contributed by atoms with Crippen LogP contribution in [0.1, 0.15) is 13.8 Å². The minimum absolute atomic E-state index is 0.0273. The van der Waals surface area contributed by atoms with Crippen LogP contribution in [0.4, 0.5) is 11.4 Å². The molecule has 1 amide bonds. The number of likely N-dealkylation sites (N-methyl/N-ethyl adjacent to an activating group) is 1. The summed E-state index contributed by atoms with van der Waals surface area (Å²) in [5, 5.41) is 2.89. The van der Waals surface area contributed by atoms with E-state index in [-0.39, 0.29) is 12.5 Å². The molecule has 0 atom stereocenters. The number of fused-ring (bicyclic) bond motifs is 1. The standard InChI is InChI=1S/C15H23N3O3/c1-10(2)8-17-15(19)9-18(3)12-7-14-13(6-11(12)16)20-4-5-21-14/h6-7,10H,4-5,8-9,16H2,1-3H3,(H,17,19). The third-order valence-electron chi connectivity index (χ3n) is 3.19. The summed E-state index contributed by atoms with van der Waals surface area (Å²) in [6, 6.07) is 3.56. The van der Waals surface area contributed by atoms with E-state index in [1.54, 1.807) is 6.07 Å². The van der Waals surface area contributed by atoms with Crippen molar-refractivity contribution >= 4 is 17.3 Å². The second-order valence-electron chi connectivity index (χ2n) is 5.61. The topological polar surface area (TPSA) is 76.8 Å². The van der Waals surface area contributed by atoms with Gasteiger partial charge >= 0.3 is 0 Å². The van der Waals surface area contributed by atoms with Crippen LogP contribution in [0.15, 0.2) is 12.1 Å². The van der Waals surface area contributed by atoms with Crippen molar-refractivity contribution in [3.8, 4) is 11.5 Å². The number of amides is 1. The van der Waals surface area contributed by atoms with E-state index in [2.05, 4.69) is 19.2 Å². The quantitative estimate of drug-likeness (QED) is 0.799. The van der Waals surface area contributed by atoms with Crippen molar-refractivity contribution in [1.82, 2.24) is 5.32 Å². The Kier molecular flexibility index (Phi) is 4.77. The van der Waals surface area contributed by atoms with Crippen LogP contribution in [0, 0.1) is 5.92 Å². The van der Waals surface area contributed by atoms with E-state index >= 15 is 0 Å². The molecule has 2 rings (SSSR count). The van der Waals surface area contributed by atoms with Crippen LogP contribution in [0.3, 0.4) is 0 Å². The number of nitrogens with one attached hydrogen (secondary N) is 1. The van der Waals surface area contributed by atoms with Gasteiger partial charge in [-0.05, 0) is 5.92 Å². The van der Waals surface area contributed by atoms with Crippen LogP contribution in [0.2, 0.25) is 0 Å². The Balaban J connectivity index is 2.05. The van der Waals surface area contributed by atoms with Crippen LogP contribution in [0.25, 0.3) is 0 Å². The molecule has 3 N–H and O–H groups in total. The Hall–Kier alpha value is -2.11. The number of carbonyl (C=O) groups excluding carboxylic acids is 1. The number of benzene rings is 1. The summed E-state index contributed by atoms with van der Waals surface area (Å²) in [7, 11) is 1.83. The van der Waals surface area contributed by atoms with Crippen LogP contribution >= 0.6 is 0 Å². The molecule has 0 bridgehead atoms. The summed E-state index contributed by atoms with van der Waals surface area (Å²) in [4.78, 5) is 13.7. The van der Waals surface area contributed by atoms with E-state index < -0.39 is 0 Å². The lowest BCUT2D eigenvalue weighted by Crippen LogP contribution is -2.37. The number of nitrogens with zero attached hydrogens (tertiary/aromatic N) is 1. The van der Waals surface area contributed by atoms with Gasteiger partial charge in [-0.25, -0.2) is 0 Å². The fourth-order valence-electron chi connectivity index (χ4n) is 2.10. The summed E-state index contributed by atoms with van der Waals surface area (Å²) in [5.74, 6) is 1.72. The van der Waals surface area contributed by atoms with Crippen LogP contribution in [-0.2, 0) is 4.79 Å². The highest BCUT2D eigenvalue weighted by Gasteiger charge is 2.17. The molecule has 0 unspecified atom stereocenters. The molecule has 6 heteroatoms. The number of hydrogen-bond donors (Lipinski definition) is 2. The molecule has 6 nitrogen and oxygen atoms in total. The fraction of sp³-hybridized carbons (Fsp3) is 0.533. The second-order valence-corrected chi connectivity index (χ2v) is 5.61. The lowest BCUT2D eigenvalue weighted by molar-refractivity contribution is -0.119. The second kappa shape index (κ2) is 6.56. The number of ether oxygens (including phenoxy) is 2. The number of nitrogen functional groups attached to an aromatic ring is 1. The van der Waals surface area contributed by atoms with Crippen molar-refractivity contribution in [2.24, 2.45) is 5.92 Å². The van der Waals surface area contributed by atoms with Crippen molar-refractivity contribution < 1.29 is 14.3 Å². The maximum Gasteiger partial charge on any atom is 0.239 e. The summed E-state index contributed by atoms with van der Waals surface area (Å²) in [5.41, 5.74) is 7.37. The molecule has 0 aliphatic carbocycles. The normalized spacial score (nSPS) is 13.1. The molecule has 1 aromatic carbocycles. The van der Waals surface area contributed by atoms with E-state index in [0.29, 0.717) is 42.9 Å². The summed E-state index contributed by atoms with van der Waals surface area (Å²) in [6.45, 7) is 6.08. The van der Waals surface area contributed by atoms with E-state index in [4.69, 9.17) is 15.2 Å². The summed E-state index contributed by atoms with van der Waals surface area (Å²) >= 11 is 0. The minimum Gasteiger partial charge on any atom is -0.486 e. The third-order valence-corrected chi connectivity index (χ3v) is 3.19. The van der Waals surface area contributed by atoms with Crippen molar-refractivity contribution in [2.75, 3.05) is 44.0 Å². The molecular formula is C15H23N3O3. The molecule has 21 heavy (non-hydrogen) atoms. The molecule has 1 aliphatic rings. The van der Waals surface area contributed by atoms with Gasteiger partial charge in [0.05, 0.1) is 17.9 Å². The van der Waals surface area contributed by atoms with E-state index in [9.17, 15) is 4.79 Å². The molecule has 0 saturated carbocycles. The number of rotatable bonds is 5. The monoisotopic (exact) mass is 293 g/mol. The average Bonchev–Trinajstić information content (AvgIpc) is 2.44.